The van der Waals surface area contributed by atoms with Gasteiger partial charge in [-0.2, -0.15) is 0 Å². The van der Waals surface area contributed by atoms with Crippen LogP contribution in [0.5, 0.6) is 0 Å². The minimum absolute atomic E-state index is 0.213. The van der Waals surface area contributed by atoms with Crippen molar-refractivity contribution in [2.24, 2.45) is 5.92 Å². The Morgan fingerprint density at radius 3 is 2.72 bits per heavy atom. The maximum Gasteiger partial charge on any atom is 0.140 e. The van der Waals surface area contributed by atoms with Gasteiger partial charge in [0.05, 0.1) is 0 Å². The number of unbranched alkanes of at least 4 members (excludes halogenated alkanes) is 1. The second-order valence-electron chi connectivity index (χ2n) is 5.55. The highest BCUT2D eigenvalue weighted by Gasteiger charge is 2.25. The summed E-state index contributed by atoms with van der Waals surface area (Å²) in [6.45, 7) is 6.55. The van der Waals surface area contributed by atoms with E-state index in [1.54, 1.807) is 5.56 Å². The predicted octanol–water partition coefficient (Wildman–Crippen LogP) is 3.90. The van der Waals surface area contributed by atoms with Gasteiger partial charge in [-0.3, -0.25) is 4.79 Å². The number of carbonyl (C=O) groups excluding carboxylic acids is 1. The van der Waals surface area contributed by atoms with Crippen molar-refractivity contribution < 1.29 is 4.79 Å². The molecule has 0 bridgehead atoms. The highest BCUT2D eigenvalue weighted by atomic mass is 16.1. The molecule has 0 saturated carbocycles. The van der Waals surface area contributed by atoms with Crippen molar-refractivity contribution >= 4 is 5.78 Å². The van der Waals surface area contributed by atoms with Crippen LogP contribution in [0.25, 0.3) is 0 Å². The van der Waals surface area contributed by atoms with Crippen molar-refractivity contribution in [3.05, 3.63) is 34.4 Å². The number of ketones is 1. The van der Waals surface area contributed by atoms with Gasteiger partial charge in [0, 0.05) is 12.3 Å². The molecule has 0 saturated heterocycles. The monoisotopic (exact) mass is 244 g/mol. The molecule has 1 aliphatic rings. The molecule has 0 fully saturated rings. The first kappa shape index (κ1) is 13.3. The first-order valence-corrected chi connectivity index (χ1v) is 7.32. The van der Waals surface area contributed by atoms with Crippen LogP contribution in [-0.2, 0) is 30.5 Å². The zero-order chi connectivity index (χ0) is 13.1. The van der Waals surface area contributed by atoms with E-state index in [1.165, 1.54) is 36.0 Å². The fraction of sp³-hybridized carbons (Fsp3) is 0.588. The molecule has 1 atom stereocenters. The normalized spacial score (nSPS) is 18.8. The number of rotatable bonds is 4. The van der Waals surface area contributed by atoms with Crippen LogP contribution in [-0.4, -0.2) is 5.78 Å². The van der Waals surface area contributed by atoms with Gasteiger partial charge >= 0.3 is 0 Å². The van der Waals surface area contributed by atoms with E-state index in [-0.39, 0.29) is 5.92 Å². The maximum absolute atomic E-state index is 11.8. The molecule has 0 N–H and O–H groups in total. The lowest BCUT2D eigenvalue weighted by Crippen LogP contribution is -2.24. The Labute approximate surface area is 111 Å². The summed E-state index contributed by atoms with van der Waals surface area (Å²) < 4.78 is 0. The SMILES string of the molecule is CCCCc1c(CC)ccc2c1CC(C)C(=O)C2. The van der Waals surface area contributed by atoms with E-state index < -0.39 is 0 Å². The predicted molar refractivity (Wildman–Crippen MR) is 76.0 cm³/mol. The third-order valence-electron chi connectivity index (χ3n) is 4.21. The standard InChI is InChI=1S/C17H24O/c1-4-6-7-15-13(5-2)8-9-14-11-17(18)12(3)10-16(14)15/h8-9,12H,4-7,10-11H2,1-3H3. The molecule has 18 heavy (non-hydrogen) atoms. The molecule has 0 heterocycles. The van der Waals surface area contributed by atoms with Crippen molar-refractivity contribution in [2.45, 2.75) is 59.3 Å². The fourth-order valence-electron chi connectivity index (χ4n) is 2.99. The Kier molecular flexibility index (Phi) is 4.21. The number of Topliss-reactive ketones (excluding diaryl/α,β-unsaturated/α-hetero) is 1. The molecule has 1 unspecified atom stereocenters. The highest BCUT2D eigenvalue weighted by molar-refractivity contribution is 5.85. The third-order valence-corrected chi connectivity index (χ3v) is 4.21. The Bertz CT molecular complexity index is 445. The molecule has 0 aromatic heterocycles. The highest BCUT2D eigenvalue weighted by Crippen LogP contribution is 2.29. The van der Waals surface area contributed by atoms with E-state index in [9.17, 15) is 4.79 Å². The van der Waals surface area contributed by atoms with Crippen LogP contribution in [0.2, 0.25) is 0 Å². The van der Waals surface area contributed by atoms with E-state index in [0.29, 0.717) is 12.2 Å². The maximum atomic E-state index is 11.8. The molecule has 1 heteroatoms. The van der Waals surface area contributed by atoms with Gasteiger partial charge in [0.1, 0.15) is 5.78 Å². The van der Waals surface area contributed by atoms with Crippen LogP contribution < -0.4 is 0 Å². The largest absolute Gasteiger partial charge is 0.299 e. The van der Waals surface area contributed by atoms with Crippen molar-refractivity contribution in [3.8, 4) is 0 Å². The van der Waals surface area contributed by atoms with Crippen molar-refractivity contribution in [1.29, 1.82) is 0 Å². The molecule has 1 aromatic rings. The fourth-order valence-corrected chi connectivity index (χ4v) is 2.99. The number of fused-ring (bicyclic) bond motifs is 1. The van der Waals surface area contributed by atoms with Gasteiger partial charge in [-0.1, -0.05) is 39.3 Å². The second-order valence-corrected chi connectivity index (χ2v) is 5.55. The van der Waals surface area contributed by atoms with Gasteiger partial charge in [0.2, 0.25) is 0 Å². The lowest BCUT2D eigenvalue weighted by atomic mass is 9.79. The van der Waals surface area contributed by atoms with Crippen molar-refractivity contribution in [2.75, 3.05) is 0 Å². The van der Waals surface area contributed by atoms with Crippen LogP contribution in [0.4, 0.5) is 0 Å². The van der Waals surface area contributed by atoms with E-state index in [0.717, 1.165) is 12.8 Å². The molecule has 98 valence electrons. The van der Waals surface area contributed by atoms with Crippen molar-refractivity contribution in [1.82, 2.24) is 0 Å². The number of hydrogen-bond acceptors (Lipinski definition) is 1. The van der Waals surface area contributed by atoms with Gasteiger partial charge in [0.15, 0.2) is 0 Å². The van der Waals surface area contributed by atoms with E-state index in [4.69, 9.17) is 0 Å². The molecule has 1 aromatic carbocycles. The summed E-state index contributed by atoms with van der Waals surface area (Å²) in [7, 11) is 0. The molecule has 0 amide bonds. The van der Waals surface area contributed by atoms with Crippen LogP contribution in [0.1, 0.15) is 55.9 Å². The van der Waals surface area contributed by atoms with E-state index in [2.05, 4.69) is 32.9 Å². The van der Waals surface area contributed by atoms with Crippen LogP contribution in [0, 0.1) is 5.92 Å². The Morgan fingerprint density at radius 2 is 2.06 bits per heavy atom. The zero-order valence-electron chi connectivity index (χ0n) is 11.9. The Hall–Kier alpha value is -1.11. The van der Waals surface area contributed by atoms with Gasteiger partial charge in [-0.25, -0.2) is 0 Å². The molecule has 0 radical (unpaired) electrons. The summed E-state index contributed by atoms with van der Waals surface area (Å²) in [5.74, 6) is 0.623. The molecule has 0 spiro atoms. The van der Waals surface area contributed by atoms with Crippen molar-refractivity contribution in [3.63, 3.8) is 0 Å². The molecule has 0 aliphatic heterocycles. The van der Waals surface area contributed by atoms with Gasteiger partial charge in [-0.15, -0.1) is 0 Å². The minimum Gasteiger partial charge on any atom is -0.299 e. The summed E-state index contributed by atoms with van der Waals surface area (Å²) in [4.78, 5) is 11.8. The molecule has 2 rings (SSSR count). The smallest absolute Gasteiger partial charge is 0.140 e. The first-order valence-electron chi connectivity index (χ1n) is 7.32. The lowest BCUT2D eigenvalue weighted by molar-refractivity contribution is -0.122. The van der Waals surface area contributed by atoms with Gasteiger partial charge < -0.3 is 0 Å². The van der Waals surface area contributed by atoms with E-state index in [1.807, 2.05) is 0 Å². The topological polar surface area (TPSA) is 17.1 Å². The minimum atomic E-state index is 0.213. The van der Waals surface area contributed by atoms with Gasteiger partial charge in [-0.05, 0) is 47.9 Å². The molecule has 1 aliphatic carbocycles. The lowest BCUT2D eigenvalue weighted by Gasteiger charge is -2.25. The number of carbonyl (C=O) groups is 1. The average molecular weight is 244 g/mol. The Morgan fingerprint density at radius 1 is 1.28 bits per heavy atom. The number of benzene rings is 1. The summed E-state index contributed by atoms with van der Waals surface area (Å²) in [5.41, 5.74) is 5.83. The van der Waals surface area contributed by atoms with Crippen LogP contribution in [0.3, 0.4) is 0 Å². The van der Waals surface area contributed by atoms with Gasteiger partial charge in [0.25, 0.3) is 0 Å². The number of aryl methyl sites for hydroxylation is 1. The summed E-state index contributed by atoms with van der Waals surface area (Å²) >= 11 is 0. The second kappa shape index (κ2) is 5.69. The quantitative estimate of drug-likeness (QED) is 0.785. The summed E-state index contributed by atoms with van der Waals surface area (Å²) in [6.07, 6.45) is 6.40. The summed E-state index contributed by atoms with van der Waals surface area (Å²) in [6, 6.07) is 4.43. The Balaban J connectivity index is 2.41. The van der Waals surface area contributed by atoms with E-state index >= 15 is 0 Å². The zero-order valence-corrected chi connectivity index (χ0v) is 11.9. The average Bonchev–Trinajstić information content (AvgIpc) is 2.37. The first-order chi connectivity index (χ1) is 8.67. The molecule has 1 nitrogen and oxygen atoms in total. The van der Waals surface area contributed by atoms with Crippen LogP contribution >= 0.6 is 0 Å². The number of hydrogen-bond donors (Lipinski definition) is 0. The molecular formula is C17H24O. The van der Waals surface area contributed by atoms with Crippen LogP contribution in [0.15, 0.2) is 12.1 Å². The summed E-state index contributed by atoms with van der Waals surface area (Å²) in [5, 5.41) is 0. The molecular weight excluding hydrogens is 220 g/mol. The third kappa shape index (κ3) is 2.50.